The molecule has 1 atom stereocenters. The van der Waals surface area contributed by atoms with Crippen LogP contribution in [0.3, 0.4) is 0 Å². The number of hydrogen-bond acceptors (Lipinski definition) is 8. The molecule has 8 nitrogen and oxygen atoms in total. The number of rotatable bonds is 6. The lowest BCUT2D eigenvalue weighted by Gasteiger charge is -2.16. The number of nitrogens with zero attached hydrogens (tertiary/aromatic N) is 3. The molecule has 144 valence electrons. The summed E-state index contributed by atoms with van der Waals surface area (Å²) in [5, 5.41) is 27.9. The van der Waals surface area contributed by atoms with Crippen LogP contribution in [0.2, 0.25) is 0 Å². The van der Waals surface area contributed by atoms with Crippen LogP contribution in [0.4, 0.5) is 5.69 Å². The summed E-state index contributed by atoms with van der Waals surface area (Å²) >= 11 is 1.00. The predicted molar refractivity (Wildman–Crippen MR) is 105 cm³/mol. The number of amidine groups is 1. The van der Waals surface area contributed by atoms with Gasteiger partial charge in [0, 0.05) is 12.4 Å². The zero-order valence-corrected chi connectivity index (χ0v) is 15.6. The van der Waals surface area contributed by atoms with Crippen molar-refractivity contribution in [3.63, 3.8) is 0 Å². The van der Waals surface area contributed by atoms with E-state index < -0.39 is 23.5 Å². The summed E-state index contributed by atoms with van der Waals surface area (Å²) in [5.41, 5.74) is 1.23. The highest BCUT2D eigenvalue weighted by Crippen LogP contribution is 2.34. The molecule has 1 saturated heterocycles. The van der Waals surface area contributed by atoms with Gasteiger partial charge in [-0.05, 0) is 54.1 Å². The number of anilines is 1. The van der Waals surface area contributed by atoms with Crippen molar-refractivity contribution in [3.8, 4) is 11.5 Å². The van der Waals surface area contributed by atoms with Gasteiger partial charge in [-0.2, -0.15) is 5.10 Å². The van der Waals surface area contributed by atoms with Gasteiger partial charge < -0.3 is 19.7 Å². The van der Waals surface area contributed by atoms with Crippen LogP contribution in [0.1, 0.15) is 12.0 Å². The molecule has 2 aromatic carbocycles. The number of hydrogen-bond donors (Lipinski definition) is 1. The van der Waals surface area contributed by atoms with Gasteiger partial charge in [0.2, 0.25) is 5.91 Å². The minimum Gasteiger partial charge on any atom is -0.550 e. The Bertz CT molecular complexity index is 926. The second-order valence-electron chi connectivity index (χ2n) is 5.77. The maximum atomic E-state index is 12.6. The first kappa shape index (κ1) is 19.4. The average Bonchev–Trinajstić information content (AvgIpc) is 2.98. The molecular formula is C19H16N3O5S-. The number of methoxy groups -OCH3 is 1. The molecule has 0 spiro atoms. The number of amides is 1. The van der Waals surface area contributed by atoms with E-state index in [1.165, 1.54) is 35.4 Å². The largest absolute Gasteiger partial charge is 0.550 e. The van der Waals surface area contributed by atoms with Crippen molar-refractivity contribution in [1.29, 1.82) is 0 Å². The smallest absolute Gasteiger partial charge is 0.247 e. The molecule has 28 heavy (non-hydrogen) atoms. The van der Waals surface area contributed by atoms with E-state index in [0.717, 1.165) is 17.3 Å². The summed E-state index contributed by atoms with van der Waals surface area (Å²) in [4.78, 5) is 24.9. The maximum Gasteiger partial charge on any atom is 0.247 e. The van der Waals surface area contributed by atoms with Crippen molar-refractivity contribution in [1.82, 2.24) is 0 Å². The highest BCUT2D eigenvalue weighted by Gasteiger charge is 2.39. The molecule has 0 saturated carbocycles. The number of carbonyl (C=O) groups is 2. The second-order valence-corrected chi connectivity index (χ2v) is 6.94. The SMILES string of the molecule is COc1ccc(/C=N\N=C2\S[C@@H](CC(=O)[O-])C(=O)N2c2ccc(O)cc2)cc1. The molecule has 3 rings (SSSR count). The number of carboxylic acid groups (broad SMARTS) is 1. The number of aliphatic carboxylic acids is 1. The third kappa shape index (κ3) is 4.49. The lowest BCUT2D eigenvalue weighted by atomic mass is 10.2. The Labute approximate surface area is 165 Å². The minimum atomic E-state index is -1.32. The van der Waals surface area contributed by atoms with Crippen molar-refractivity contribution >= 4 is 40.7 Å². The van der Waals surface area contributed by atoms with Crippen LogP contribution >= 0.6 is 11.8 Å². The normalized spacial score (nSPS) is 18.2. The Hall–Kier alpha value is -3.33. The fourth-order valence-corrected chi connectivity index (χ4v) is 3.57. The first-order chi connectivity index (χ1) is 13.5. The number of aromatic hydroxyl groups is 1. The Kier molecular flexibility index (Phi) is 5.95. The highest BCUT2D eigenvalue weighted by molar-refractivity contribution is 8.16. The summed E-state index contributed by atoms with van der Waals surface area (Å²) in [7, 11) is 1.57. The van der Waals surface area contributed by atoms with Crippen molar-refractivity contribution < 1.29 is 24.5 Å². The van der Waals surface area contributed by atoms with E-state index >= 15 is 0 Å². The van der Waals surface area contributed by atoms with Crippen LogP contribution in [0.5, 0.6) is 11.5 Å². The van der Waals surface area contributed by atoms with E-state index in [-0.39, 0.29) is 10.9 Å². The minimum absolute atomic E-state index is 0.0466. The van der Waals surface area contributed by atoms with Crippen molar-refractivity contribution in [2.75, 3.05) is 12.0 Å². The Morgan fingerprint density at radius 2 is 1.93 bits per heavy atom. The molecule has 1 fully saturated rings. The van der Waals surface area contributed by atoms with E-state index in [1.807, 2.05) is 0 Å². The highest BCUT2D eigenvalue weighted by atomic mass is 32.2. The predicted octanol–water partition coefficient (Wildman–Crippen LogP) is 1.38. The monoisotopic (exact) mass is 398 g/mol. The quantitative estimate of drug-likeness (QED) is 0.581. The third-order valence-corrected chi connectivity index (χ3v) is 4.99. The fraction of sp³-hybridized carbons (Fsp3) is 0.158. The molecule has 0 aromatic heterocycles. The first-order valence-corrected chi connectivity index (χ1v) is 9.10. The van der Waals surface area contributed by atoms with Crippen LogP contribution < -0.4 is 14.7 Å². The number of benzene rings is 2. The number of ether oxygens (including phenoxy) is 1. The molecule has 0 bridgehead atoms. The van der Waals surface area contributed by atoms with Gasteiger partial charge in [0.1, 0.15) is 11.5 Å². The van der Waals surface area contributed by atoms with Gasteiger partial charge in [-0.25, -0.2) is 0 Å². The van der Waals surface area contributed by atoms with Gasteiger partial charge in [-0.3, -0.25) is 9.69 Å². The Morgan fingerprint density at radius 3 is 2.54 bits per heavy atom. The number of thioether (sulfide) groups is 1. The van der Waals surface area contributed by atoms with E-state index in [1.54, 1.807) is 31.4 Å². The first-order valence-electron chi connectivity index (χ1n) is 8.22. The van der Waals surface area contributed by atoms with Crippen molar-refractivity contribution in [3.05, 3.63) is 54.1 Å². The molecule has 1 aliphatic heterocycles. The van der Waals surface area contributed by atoms with Crippen LogP contribution in [-0.2, 0) is 9.59 Å². The van der Waals surface area contributed by atoms with Gasteiger partial charge >= 0.3 is 0 Å². The lowest BCUT2D eigenvalue weighted by Crippen LogP contribution is -2.35. The molecule has 0 aliphatic carbocycles. The van der Waals surface area contributed by atoms with Gasteiger partial charge in [0.25, 0.3) is 0 Å². The molecule has 1 heterocycles. The van der Waals surface area contributed by atoms with E-state index in [2.05, 4.69) is 10.2 Å². The Morgan fingerprint density at radius 1 is 1.25 bits per heavy atom. The average molecular weight is 398 g/mol. The van der Waals surface area contributed by atoms with Gasteiger partial charge in [0.05, 0.1) is 24.3 Å². The summed E-state index contributed by atoms with van der Waals surface area (Å²) in [6, 6.07) is 13.1. The molecule has 2 aromatic rings. The molecule has 1 aliphatic rings. The van der Waals surface area contributed by atoms with E-state index in [9.17, 15) is 19.8 Å². The summed E-state index contributed by atoms with van der Waals surface area (Å²) in [6.07, 6.45) is 1.08. The lowest BCUT2D eigenvalue weighted by molar-refractivity contribution is -0.305. The van der Waals surface area contributed by atoms with Crippen LogP contribution in [0, 0.1) is 0 Å². The van der Waals surface area contributed by atoms with Gasteiger partial charge in [-0.1, -0.05) is 11.8 Å². The zero-order valence-electron chi connectivity index (χ0n) is 14.8. The topological polar surface area (TPSA) is 115 Å². The third-order valence-electron chi connectivity index (χ3n) is 3.86. The zero-order chi connectivity index (χ0) is 20.1. The van der Waals surface area contributed by atoms with Crippen molar-refractivity contribution in [2.45, 2.75) is 11.7 Å². The van der Waals surface area contributed by atoms with Crippen LogP contribution in [-0.4, -0.2) is 40.7 Å². The molecule has 9 heteroatoms. The maximum absolute atomic E-state index is 12.6. The van der Waals surface area contributed by atoms with Gasteiger partial charge in [-0.15, -0.1) is 5.10 Å². The number of carboxylic acids is 1. The molecule has 0 radical (unpaired) electrons. The van der Waals surface area contributed by atoms with E-state index in [4.69, 9.17) is 4.74 Å². The van der Waals surface area contributed by atoms with Crippen LogP contribution in [0.25, 0.3) is 0 Å². The van der Waals surface area contributed by atoms with E-state index in [0.29, 0.717) is 11.4 Å². The van der Waals surface area contributed by atoms with Gasteiger partial charge in [0.15, 0.2) is 5.17 Å². The summed E-state index contributed by atoms with van der Waals surface area (Å²) in [5.74, 6) is -0.993. The summed E-state index contributed by atoms with van der Waals surface area (Å²) in [6.45, 7) is 0. The van der Waals surface area contributed by atoms with Crippen molar-refractivity contribution in [2.24, 2.45) is 10.2 Å². The molecule has 1 N–H and O–H groups in total. The standard InChI is InChI=1S/C19H17N3O5S/c1-27-15-8-2-12(3-9-15)11-20-21-19-22(13-4-6-14(23)7-5-13)18(26)16(28-19)10-17(24)25/h2-9,11,16,23H,10H2,1H3,(H,24,25)/p-1/b20-11-,21-19+/t16-/m0/s1. The fourth-order valence-electron chi connectivity index (χ4n) is 2.49. The molecule has 1 amide bonds. The second kappa shape index (κ2) is 8.57. The van der Waals surface area contributed by atoms with Crippen LogP contribution in [0.15, 0.2) is 58.7 Å². The Balaban J connectivity index is 1.86. The number of phenols is 1. The number of carbonyl (C=O) groups excluding carboxylic acids is 2. The number of phenolic OH excluding ortho intramolecular Hbond substituents is 1. The molecular weight excluding hydrogens is 382 g/mol. The molecule has 0 unspecified atom stereocenters. The summed E-state index contributed by atoms with van der Waals surface area (Å²) < 4.78 is 5.09.